The summed E-state index contributed by atoms with van der Waals surface area (Å²) in [5.74, 6) is 1.89. The van der Waals surface area contributed by atoms with E-state index in [1.165, 1.54) is 0 Å². The number of aromatic nitrogens is 1. The summed E-state index contributed by atoms with van der Waals surface area (Å²) in [5, 5.41) is 3.98. The second-order valence-electron chi connectivity index (χ2n) is 9.61. The molecule has 2 aromatic rings. The number of fused-ring (bicyclic) bond motifs is 3. The van der Waals surface area contributed by atoms with Crippen molar-refractivity contribution in [2.24, 2.45) is 16.1 Å². The van der Waals surface area contributed by atoms with E-state index in [1.807, 2.05) is 18.2 Å². The molecule has 1 atom stereocenters. The third-order valence-corrected chi connectivity index (χ3v) is 7.38. The Morgan fingerprint density at radius 1 is 1.19 bits per heavy atom. The lowest BCUT2D eigenvalue weighted by Gasteiger charge is -2.61. The topological polar surface area (TPSA) is 109 Å². The molecule has 1 aliphatic carbocycles. The summed E-state index contributed by atoms with van der Waals surface area (Å²) in [6, 6.07) is 7.78. The lowest BCUT2D eigenvalue weighted by Crippen LogP contribution is -2.71. The fourth-order valence-electron chi connectivity index (χ4n) is 5.19. The minimum atomic E-state index is -0.710. The molecule has 1 saturated heterocycles. The van der Waals surface area contributed by atoms with E-state index in [0.717, 1.165) is 35.5 Å². The van der Waals surface area contributed by atoms with Gasteiger partial charge in [0.2, 0.25) is 0 Å². The maximum absolute atomic E-state index is 12.9. The van der Waals surface area contributed by atoms with Gasteiger partial charge in [0.25, 0.3) is 6.02 Å². The van der Waals surface area contributed by atoms with E-state index in [1.54, 1.807) is 6.07 Å². The largest absolute Gasteiger partial charge is 0.487 e. The van der Waals surface area contributed by atoms with Crippen molar-refractivity contribution in [2.45, 2.75) is 50.2 Å². The molecule has 6 rings (SSSR count). The molecule has 1 unspecified atom stereocenters. The first-order valence-corrected chi connectivity index (χ1v) is 10.7. The Morgan fingerprint density at radius 3 is 2.65 bits per heavy atom. The molecule has 1 saturated carbocycles. The van der Waals surface area contributed by atoms with E-state index in [-0.39, 0.29) is 18.2 Å². The van der Waals surface area contributed by atoms with Gasteiger partial charge in [-0.25, -0.2) is 4.99 Å². The average Bonchev–Trinajstić information content (AvgIpc) is 3.28. The lowest BCUT2D eigenvalue weighted by molar-refractivity contribution is -0.247. The molecular weight excluding hydrogens is 398 g/mol. The van der Waals surface area contributed by atoms with Gasteiger partial charge in [0, 0.05) is 24.0 Å². The number of ketones is 1. The second kappa shape index (κ2) is 6.09. The van der Waals surface area contributed by atoms with Gasteiger partial charge >= 0.3 is 0 Å². The monoisotopic (exact) mass is 423 g/mol. The fourth-order valence-corrected chi connectivity index (χ4v) is 5.19. The molecule has 8 heteroatoms. The number of aliphatic imine (C=N–C) groups is 1. The predicted molar refractivity (Wildman–Crippen MR) is 110 cm³/mol. The Kier molecular flexibility index (Phi) is 3.71. The zero-order valence-corrected chi connectivity index (χ0v) is 17.6. The van der Waals surface area contributed by atoms with Gasteiger partial charge in [-0.15, -0.1) is 0 Å². The first-order chi connectivity index (χ1) is 14.8. The predicted octanol–water partition coefficient (Wildman–Crippen LogP) is 2.71. The van der Waals surface area contributed by atoms with Crippen LogP contribution in [0.1, 0.15) is 60.0 Å². The van der Waals surface area contributed by atoms with E-state index >= 15 is 0 Å². The number of benzene rings is 1. The molecule has 2 N–H and O–H groups in total. The van der Waals surface area contributed by atoms with Crippen LogP contribution in [-0.2, 0) is 21.4 Å². The molecule has 0 amide bonds. The molecule has 4 heterocycles. The first kappa shape index (κ1) is 18.9. The van der Waals surface area contributed by atoms with Gasteiger partial charge in [-0.05, 0) is 44.4 Å². The molecule has 1 aromatic carbocycles. The smallest absolute Gasteiger partial charge is 0.283 e. The number of hydrogen-bond acceptors (Lipinski definition) is 8. The van der Waals surface area contributed by atoms with Crippen LogP contribution in [0.4, 0.5) is 0 Å². The van der Waals surface area contributed by atoms with Gasteiger partial charge in [-0.1, -0.05) is 11.2 Å². The van der Waals surface area contributed by atoms with Crippen LogP contribution >= 0.6 is 0 Å². The molecule has 8 nitrogen and oxygen atoms in total. The van der Waals surface area contributed by atoms with Crippen LogP contribution in [0.3, 0.4) is 0 Å². The van der Waals surface area contributed by atoms with Crippen LogP contribution in [0.2, 0.25) is 0 Å². The number of rotatable bonds is 4. The summed E-state index contributed by atoms with van der Waals surface area (Å²) in [4.78, 5) is 17.7. The zero-order chi connectivity index (χ0) is 21.4. The number of nitrogens with zero attached hydrogens (tertiary/aromatic N) is 2. The van der Waals surface area contributed by atoms with Crippen molar-refractivity contribution in [3.05, 3.63) is 46.8 Å². The number of Topliss-reactive ketones (excluding diaryl/α,β-unsaturated/α-hetero) is 1. The van der Waals surface area contributed by atoms with E-state index in [0.29, 0.717) is 31.4 Å². The molecule has 2 fully saturated rings. The third kappa shape index (κ3) is 2.54. The van der Waals surface area contributed by atoms with Crippen LogP contribution in [0.5, 0.6) is 5.75 Å². The molecule has 162 valence electrons. The van der Waals surface area contributed by atoms with Crippen LogP contribution in [0.15, 0.2) is 33.8 Å². The van der Waals surface area contributed by atoms with Crippen molar-refractivity contribution in [2.75, 3.05) is 19.8 Å². The highest BCUT2D eigenvalue weighted by molar-refractivity contribution is 5.95. The Balaban J connectivity index is 1.37. The van der Waals surface area contributed by atoms with Gasteiger partial charge in [-0.3, -0.25) is 4.79 Å². The van der Waals surface area contributed by atoms with E-state index < -0.39 is 16.6 Å². The average molecular weight is 423 g/mol. The van der Waals surface area contributed by atoms with Crippen molar-refractivity contribution in [3.63, 3.8) is 0 Å². The molecule has 2 spiro atoms. The van der Waals surface area contributed by atoms with Crippen molar-refractivity contribution in [3.8, 4) is 5.75 Å². The maximum Gasteiger partial charge on any atom is 0.283 e. The highest BCUT2D eigenvalue weighted by Gasteiger charge is 2.71. The lowest BCUT2D eigenvalue weighted by atomic mass is 9.55. The molecule has 31 heavy (non-hydrogen) atoms. The highest BCUT2D eigenvalue weighted by Crippen LogP contribution is 2.62. The standard InChI is InChI=1S/C23H25N3O5/c1-21(2)22(10-28-11-22)23(12-29-20(24)25-23)15-7-13(3-6-18(15)30-21)8-17(27)16-9-19(31-26-16)14-4-5-14/h3,6-7,9,14H,4-5,8,10-12H2,1-2H3,(H2,24,25). The second-order valence-corrected chi connectivity index (χ2v) is 9.61. The SMILES string of the molecule is CC1(C)Oc2ccc(CC(=O)c3cc(C4CC4)on3)cc2C2(COC(N)=N2)C12COC2. The van der Waals surface area contributed by atoms with Gasteiger partial charge in [0.05, 0.1) is 18.6 Å². The van der Waals surface area contributed by atoms with Gasteiger partial charge in [0.15, 0.2) is 5.78 Å². The molecule has 0 radical (unpaired) electrons. The van der Waals surface area contributed by atoms with Crippen LogP contribution < -0.4 is 10.5 Å². The summed E-state index contributed by atoms with van der Waals surface area (Å²) in [6.45, 7) is 5.46. The summed E-state index contributed by atoms with van der Waals surface area (Å²) >= 11 is 0. The van der Waals surface area contributed by atoms with Crippen molar-refractivity contribution >= 4 is 11.8 Å². The minimum absolute atomic E-state index is 0.0749. The van der Waals surface area contributed by atoms with Gasteiger partial charge in [-0.2, -0.15) is 0 Å². The minimum Gasteiger partial charge on any atom is -0.487 e. The number of carbonyl (C=O) groups excluding carboxylic acids is 1. The van der Waals surface area contributed by atoms with Crippen LogP contribution in [0.25, 0.3) is 0 Å². The van der Waals surface area contributed by atoms with E-state index in [9.17, 15) is 4.79 Å². The van der Waals surface area contributed by atoms with Crippen molar-refractivity contribution in [1.29, 1.82) is 0 Å². The van der Waals surface area contributed by atoms with Crippen molar-refractivity contribution in [1.82, 2.24) is 5.16 Å². The van der Waals surface area contributed by atoms with E-state index in [2.05, 4.69) is 19.0 Å². The highest BCUT2D eigenvalue weighted by atomic mass is 16.5. The Bertz CT molecular complexity index is 1110. The number of carbonyl (C=O) groups is 1. The quantitative estimate of drug-likeness (QED) is 0.753. The molecule has 1 aromatic heterocycles. The summed E-state index contributed by atoms with van der Waals surface area (Å²) < 4.78 is 23.1. The Labute approximate surface area is 179 Å². The van der Waals surface area contributed by atoms with Gasteiger partial charge < -0.3 is 24.5 Å². The Hall–Kier alpha value is -2.87. The van der Waals surface area contributed by atoms with Crippen LogP contribution in [-0.4, -0.2) is 42.4 Å². The van der Waals surface area contributed by atoms with Crippen molar-refractivity contribution < 1.29 is 23.5 Å². The summed E-state index contributed by atoms with van der Waals surface area (Å²) in [5.41, 5.74) is 6.48. The maximum atomic E-state index is 12.9. The fraction of sp³-hybridized carbons (Fsp3) is 0.522. The number of nitrogens with two attached hydrogens (primary N) is 1. The number of amidine groups is 1. The van der Waals surface area contributed by atoms with E-state index in [4.69, 9.17) is 29.5 Å². The zero-order valence-electron chi connectivity index (χ0n) is 17.6. The third-order valence-electron chi connectivity index (χ3n) is 7.38. The molecular formula is C23H25N3O5. The molecule has 4 aliphatic rings. The Morgan fingerprint density at radius 2 is 2.00 bits per heavy atom. The van der Waals surface area contributed by atoms with Crippen LogP contribution in [0, 0.1) is 5.41 Å². The molecule has 0 bridgehead atoms. The number of hydrogen-bond donors (Lipinski definition) is 1. The van der Waals surface area contributed by atoms with Gasteiger partial charge in [0.1, 0.15) is 35.0 Å². The molecule has 3 aliphatic heterocycles. The first-order valence-electron chi connectivity index (χ1n) is 10.7. The number of ether oxygens (including phenoxy) is 3. The summed E-state index contributed by atoms with van der Waals surface area (Å²) in [7, 11) is 0. The summed E-state index contributed by atoms with van der Waals surface area (Å²) in [6.07, 6.45) is 2.42. The normalized spacial score (nSPS) is 27.2.